The second-order valence-electron chi connectivity index (χ2n) is 3.47. The molecule has 0 saturated heterocycles. The minimum atomic E-state index is 0.502. The van der Waals surface area contributed by atoms with Crippen LogP contribution in [0.5, 0.6) is 0 Å². The van der Waals surface area contributed by atoms with Crippen molar-refractivity contribution in [2.24, 2.45) is 0 Å². The number of nitrogens with zero attached hydrogens (tertiary/aromatic N) is 3. The Hall–Kier alpha value is -1.17. The van der Waals surface area contributed by atoms with Gasteiger partial charge in [-0.05, 0) is 28.8 Å². The molecule has 2 rings (SSSR count). The summed E-state index contributed by atoms with van der Waals surface area (Å²) in [5, 5.41) is 2.55. The zero-order valence-electron chi connectivity index (χ0n) is 8.27. The molecule has 0 aromatic carbocycles. The first-order chi connectivity index (χ1) is 7.22. The highest BCUT2D eigenvalue weighted by atomic mass is 79.9. The van der Waals surface area contributed by atoms with Crippen molar-refractivity contribution in [3.05, 3.63) is 10.8 Å². The van der Waals surface area contributed by atoms with Crippen LogP contribution in [0.2, 0.25) is 0 Å². The lowest BCUT2D eigenvalue weighted by Crippen LogP contribution is -2.22. The summed E-state index contributed by atoms with van der Waals surface area (Å²) >= 11 is 3.27. The molecule has 6 heteroatoms. The smallest absolute Gasteiger partial charge is 0.212 e. The molecule has 1 aromatic heterocycles. The molecule has 1 fully saturated rings. The molecule has 1 aliphatic carbocycles. The molecule has 1 heterocycles. The molecule has 5 nitrogen and oxygen atoms in total. The first kappa shape index (κ1) is 10.4. The predicted molar refractivity (Wildman–Crippen MR) is 60.8 cm³/mol. The topological polar surface area (TPSA) is 58.1 Å². The monoisotopic (exact) mass is 270 g/mol. The fraction of sp³-hybridized carbons (Fsp3) is 0.444. The van der Waals surface area contributed by atoms with E-state index in [9.17, 15) is 4.79 Å². The van der Waals surface area contributed by atoms with Crippen LogP contribution >= 0.6 is 15.9 Å². The van der Waals surface area contributed by atoms with Gasteiger partial charge in [0.2, 0.25) is 6.41 Å². The number of anilines is 2. The van der Waals surface area contributed by atoms with E-state index in [1.165, 1.54) is 12.8 Å². The summed E-state index contributed by atoms with van der Waals surface area (Å²) in [7, 11) is 1.96. The average molecular weight is 271 g/mol. The molecule has 0 atom stereocenters. The molecule has 0 unspecified atom stereocenters. The van der Waals surface area contributed by atoms with Crippen LogP contribution in [-0.2, 0) is 4.79 Å². The molecule has 1 aromatic rings. The third kappa shape index (κ3) is 2.26. The number of nitrogens with one attached hydrogen (secondary N) is 1. The Labute approximate surface area is 96.0 Å². The largest absolute Gasteiger partial charge is 0.354 e. The molecule has 0 bridgehead atoms. The summed E-state index contributed by atoms with van der Waals surface area (Å²) in [4.78, 5) is 20.9. The van der Waals surface area contributed by atoms with E-state index in [-0.39, 0.29) is 0 Å². The lowest BCUT2D eigenvalue weighted by Gasteiger charge is -2.19. The summed E-state index contributed by atoms with van der Waals surface area (Å²) in [6, 6.07) is 0.529. The van der Waals surface area contributed by atoms with Gasteiger partial charge in [0.05, 0.1) is 6.20 Å². The van der Waals surface area contributed by atoms with Gasteiger partial charge in [-0.15, -0.1) is 0 Å². The van der Waals surface area contributed by atoms with E-state index in [0.717, 1.165) is 0 Å². The standard InChI is InChI=1S/C9H11BrN4O/c1-14(6-2-3-6)9-8(12-5-15)11-4-7(10)13-9/h4-6H,2-3H2,1H3,(H,11,12,15). The van der Waals surface area contributed by atoms with Gasteiger partial charge in [0.15, 0.2) is 11.6 Å². The maximum absolute atomic E-state index is 10.4. The number of hydrogen-bond acceptors (Lipinski definition) is 4. The van der Waals surface area contributed by atoms with E-state index in [1.54, 1.807) is 6.20 Å². The third-order valence-electron chi connectivity index (χ3n) is 2.35. The summed E-state index contributed by atoms with van der Waals surface area (Å²) < 4.78 is 0.668. The highest BCUT2D eigenvalue weighted by molar-refractivity contribution is 9.10. The van der Waals surface area contributed by atoms with Crippen LogP contribution in [0, 0.1) is 0 Å². The maximum atomic E-state index is 10.4. The van der Waals surface area contributed by atoms with Gasteiger partial charge in [0.25, 0.3) is 0 Å². The molecule has 80 valence electrons. The highest BCUT2D eigenvalue weighted by Gasteiger charge is 2.29. The van der Waals surface area contributed by atoms with E-state index in [2.05, 4.69) is 31.2 Å². The normalized spacial score (nSPS) is 14.8. The molecule has 1 saturated carbocycles. The number of halogens is 1. The van der Waals surface area contributed by atoms with Crippen LogP contribution in [0.3, 0.4) is 0 Å². The van der Waals surface area contributed by atoms with Crippen LogP contribution in [0.15, 0.2) is 10.8 Å². The van der Waals surface area contributed by atoms with E-state index in [1.807, 2.05) is 11.9 Å². The third-order valence-corrected chi connectivity index (χ3v) is 2.73. The van der Waals surface area contributed by atoms with Crippen molar-refractivity contribution in [1.29, 1.82) is 0 Å². The Bertz CT molecular complexity index is 380. The molecule has 1 aliphatic rings. The molecule has 15 heavy (non-hydrogen) atoms. The van der Waals surface area contributed by atoms with Gasteiger partial charge in [-0.25, -0.2) is 9.97 Å². The molecular formula is C9H11BrN4O. The predicted octanol–water partition coefficient (Wildman–Crippen LogP) is 1.41. The van der Waals surface area contributed by atoms with Crippen molar-refractivity contribution >= 4 is 34.0 Å². The Morgan fingerprint density at radius 3 is 3.00 bits per heavy atom. The number of rotatable bonds is 4. The molecule has 0 aliphatic heterocycles. The molecule has 1 N–H and O–H groups in total. The minimum absolute atomic E-state index is 0.502. The summed E-state index contributed by atoms with van der Waals surface area (Å²) in [6.45, 7) is 0. The molecular weight excluding hydrogens is 260 g/mol. The lowest BCUT2D eigenvalue weighted by atomic mass is 10.5. The van der Waals surface area contributed by atoms with Crippen molar-refractivity contribution in [3.8, 4) is 0 Å². The zero-order valence-corrected chi connectivity index (χ0v) is 9.86. The number of carbonyl (C=O) groups excluding carboxylic acids is 1. The Balaban J connectivity index is 2.31. The summed E-state index contributed by atoms with van der Waals surface area (Å²) in [6.07, 6.45) is 4.52. The number of amides is 1. The second-order valence-corrected chi connectivity index (χ2v) is 4.28. The van der Waals surface area contributed by atoms with Gasteiger partial charge in [-0.1, -0.05) is 0 Å². The van der Waals surface area contributed by atoms with Gasteiger partial charge in [-0.3, -0.25) is 4.79 Å². The number of hydrogen-bond donors (Lipinski definition) is 1. The van der Waals surface area contributed by atoms with E-state index >= 15 is 0 Å². The van der Waals surface area contributed by atoms with Crippen molar-refractivity contribution in [2.45, 2.75) is 18.9 Å². The van der Waals surface area contributed by atoms with Gasteiger partial charge in [0.1, 0.15) is 4.60 Å². The Kier molecular flexibility index (Phi) is 2.86. The summed E-state index contributed by atoms with van der Waals surface area (Å²) in [5.74, 6) is 1.21. The van der Waals surface area contributed by atoms with Crippen molar-refractivity contribution in [1.82, 2.24) is 9.97 Å². The van der Waals surface area contributed by atoms with Crippen LogP contribution in [0.4, 0.5) is 11.6 Å². The van der Waals surface area contributed by atoms with E-state index in [4.69, 9.17) is 0 Å². The van der Waals surface area contributed by atoms with Crippen molar-refractivity contribution < 1.29 is 4.79 Å². The van der Waals surface area contributed by atoms with Gasteiger partial charge in [-0.2, -0.15) is 0 Å². The Morgan fingerprint density at radius 1 is 1.67 bits per heavy atom. The lowest BCUT2D eigenvalue weighted by molar-refractivity contribution is -0.105. The van der Waals surface area contributed by atoms with Crippen LogP contribution in [-0.4, -0.2) is 29.5 Å². The van der Waals surface area contributed by atoms with Gasteiger partial charge >= 0.3 is 0 Å². The summed E-state index contributed by atoms with van der Waals surface area (Å²) in [5.41, 5.74) is 0. The Morgan fingerprint density at radius 2 is 2.40 bits per heavy atom. The van der Waals surface area contributed by atoms with E-state index < -0.39 is 0 Å². The van der Waals surface area contributed by atoms with Gasteiger partial charge in [0, 0.05) is 13.1 Å². The molecule has 0 radical (unpaired) electrons. The van der Waals surface area contributed by atoms with Crippen LogP contribution in [0.25, 0.3) is 0 Å². The van der Waals surface area contributed by atoms with Gasteiger partial charge < -0.3 is 10.2 Å². The quantitative estimate of drug-likeness (QED) is 0.841. The molecule has 0 spiro atoms. The zero-order chi connectivity index (χ0) is 10.8. The highest BCUT2D eigenvalue weighted by Crippen LogP contribution is 2.32. The fourth-order valence-corrected chi connectivity index (χ4v) is 1.67. The second kappa shape index (κ2) is 4.14. The van der Waals surface area contributed by atoms with E-state index in [0.29, 0.717) is 28.7 Å². The van der Waals surface area contributed by atoms with Crippen LogP contribution in [0.1, 0.15) is 12.8 Å². The molecule has 1 amide bonds. The first-order valence-electron chi connectivity index (χ1n) is 4.68. The number of carbonyl (C=O) groups is 1. The van der Waals surface area contributed by atoms with Crippen LogP contribution < -0.4 is 10.2 Å². The minimum Gasteiger partial charge on any atom is -0.354 e. The average Bonchev–Trinajstić information content (AvgIpc) is 3.03. The fourth-order valence-electron chi connectivity index (χ4n) is 1.40. The first-order valence-corrected chi connectivity index (χ1v) is 5.47. The van der Waals surface area contributed by atoms with Crippen molar-refractivity contribution in [3.63, 3.8) is 0 Å². The van der Waals surface area contributed by atoms with Crippen molar-refractivity contribution in [2.75, 3.05) is 17.3 Å². The maximum Gasteiger partial charge on any atom is 0.212 e. The number of aromatic nitrogens is 2. The SMILES string of the molecule is CN(c1nc(Br)cnc1NC=O)C1CC1.